The lowest BCUT2D eigenvalue weighted by Gasteiger charge is -2.35. The summed E-state index contributed by atoms with van der Waals surface area (Å²) in [4.78, 5) is 21.7. The molecular formula is C20H26N4O. The van der Waals surface area contributed by atoms with E-state index in [0.717, 1.165) is 68.0 Å². The van der Waals surface area contributed by atoms with Crippen LogP contribution in [0, 0.1) is 12.8 Å². The molecule has 1 aliphatic carbocycles. The lowest BCUT2D eigenvalue weighted by Crippen LogP contribution is -2.46. The van der Waals surface area contributed by atoms with Crippen LogP contribution in [0.15, 0.2) is 24.3 Å². The lowest BCUT2D eigenvalue weighted by molar-refractivity contribution is -0.117. The predicted molar refractivity (Wildman–Crippen MR) is 102 cm³/mol. The Morgan fingerprint density at radius 1 is 1.20 bits per heavy atom. The zero-order valence-corrected chi connectivity index (χ0v) is 15.1. The summed E-state index contributed by atoms with van der Waals surface area (Å²) in [5.41, 5.74) is 3.08. The van der Waals surface area contributed by atoms with Crippen LogP contribution in [0.25, 0.3) is 10.9 Å². The van der Waals surface area contributed by atoms with E-state index in [9.17, 15) is 4.79 Å². The molecule has 132 valence electrons. The molecule has 0 radical (unpaired) electrons. The monoisotopic (exact) mass is 338 g/mol. The first kappa shape index (κ1) is 16.3. The van der Waals surface area contributed by atoms with Gasteiger partial charge in [-0.2, -0.15) is 0 Å². The van der Waals surface area contributed by atoms with Crippen molar-refractivity contribution in [2.75, 3.05) is 42.9 Å². The molecule has 5 heteroatoms. The molecule has 1 aromatic heterocycles. The molecular weight excluding hydrogens is 312 g/mol. The number of fused-ring (bicyclic) bond motifs is 1. The van der Waals surface area contributed by atoms with Gasteiger partial charge >= 0.3 is 0 Å². The van der Waals surface area contributed by atoms with Crippen molar-refractivity contribution < 1.29 is 4.79 Å². The molecule has 25 heavy (non-hydrogen) atoms. The van der Waals surface area contributed by atoms with Crippen LogP contribution < -0.4 is 10.2 Å². The second-order valence-electron chi connectivity index (χ2n) is 7.21. The van der Waals surface area contributed by atoms with Gasteiger partial charge in [0.25, 0.3) is 0 Å². The van der Waals surface area contributed by atoms with Crippen LogP contribution in [-0.2, 0) is 4.79 Å². The standard InChI is InChI=1S/C20H26N4O/c1-3-23-8-10-24(11-9-23)19-12-14(2)17-13-16(6-7-18(17)22-19)21-20(25)15-4-5-15/h6-7,12-13,15H,3-5,8-11H2,1-2H3,(H,21,25). The fourth-order valence-electron chi connectivity index (χ4n) is 3.50. The number of nitrogens with one attached hydrogen (secondary N) is 1. The number of benzene rings is 1. The van der Waals surface area contributed by atoms with E-state index in [-0.39, 0.29) is 11.8 Å². The Hall–Kier alpha value is -2.14. The average molecular weight is 338 g/mol. The number of hydrogen-bond donors (Lipinski definition) is 1. The van der Waals surface area contributed by atoms with E-state index < -0.39 is 0 Å². The maximum Gasteiger partial charge on any atom is 0.227 e. The molecule has 0 unspecified atom stereocenters. The number of amides is 1. The first-order valence-corrected chi connectivity index (χ1v) is 9.33. The number of carbonyl (C=O) groups excluding carboxylic acids is 1. The molecule has 2 aromatic rings. The molecule has 2 heterocycles. The normalized spacial score (nSPS) is 18.6. The van der Waals surface area contributed by atoms with Crippen LogP contribution in [-0.4, -0.2) is 48.5 Å². The number of nitrogens with zero attached hydrogens (tertiary/aromatic N) is 3. The summed E-state index contributed by atoms with van der Waals surface area (Å²) in [6.45, 7) is 9.72. The zero-order valence-electron chi connectivity index (χ0n) is 15.1. The predicted octanol–water partition coefficient (Wildman–Crippen LogP) is 3.03. The Balaban J connectivity index is 1.56. The van der Waals surface area contributed by atoms with E-state index in [4.69, 9.17) is 4.98 Å². The van der Waals surface area contributed by atoms with Crippen LogP contribution in [0.2, 0.25) is 0 Å². The highest BCUT2D eigenvalue weighted by Gasteiger charge is 2.29. The van der Waals surface area contributed by atoms with Crippen molar-refractivity contribution in [3.8, 4) is 0 Å². The summed E-state index contributed by atoms with van der Waals surface area (Å²) in [6, 6.07) is 8.22. The smallest absolute Gasteiger partial charge is 0.227 e. The Bertz CT molecular complexity index is 792. The Morgan fingerprint density at radius 2 is 1.96 bits per heavy atom. The summed E-state index contributed by atoms with van der Waals surface area (Å²) in [7, 11) is 0. The van der Waals surface area contributed by atoms with Crippen LogP contribution in [0.4, 0.5) is 11.5 Å². The van der Waals surface area contributed by atoms with E-state index in [1.165, 1.54) is 5.56 Å². The summed E-state index contributed by atoms with van der Waals surface area (Å²) < 4.78 is 0. The van der Waals surface area contributed by atoms with Crippen molar-refractivity contribution in [2.24, 2.45) is 5.92 Å². The Kier molecular flexibility index (Phi) is 4.34. The minimum absolute atomic E-state index is 0.148. The highest BCUT2D eigenvalue weighted by Crippen LogP contribution is 2.31. The van der Waals surface area contributed by atoms with Gasteiger partial charge in [0, 0.05) is 43.2 Å². The molecule has 5 nitrogen and oxygen atoms in total. The number of piperazine rings is 1. The number of anilines is 2. The number of aryl methyl sites for hydroxylation is 1. The van der Waals surface area contributed by atoms with Gasteiger partial charge in [-0.3, -0.25) is 4.79 Å². The molecule has 2 fully saturated rings. The third-order valence-electron chi connectivity index (χ3n) is 5.36. The van der Waals surface area contributed by atoms with E-state index in [0.29, 0.717) is 0 Å². The van der Waals surface area contributed by atoms with Crippen LogP contribution in [0.5, 0.6) is 0 Å². The van der Waals surface area contributed by atoms with E-state index >= 15 is 0 Å². The van der Waals surface area contributed by atoms with Crippen LogP contribution in [0.1, 0.15) is 25.3 Å². The Morgan fingerprint density at radius 3 is 2.64 bits per heavy atom. The molecule has 1 aromatic carbocycles. The number of pyridine rings is 1. The summed E-state index contributed by atoms with van der Waals surface area (Å²) >= 11 is 0. The molecule has 0 spiro atoms. The van der Waals surface area contributed by atoms with E-state index in [1.807, 2.05) is 12.1 Å². The van der Waals surface area contributed by atoms with E-state index in [1.54, 1.807) is 0 Å². The molecule has 1 aliphatic heterocycles. The molecule has 0 atom stereocenters. The fourth-order valence-corrected chi connectivity index (χ4v) is 3.50. The van der Waals surface area contributed by atoms with Gasteiger partial charge in [-0.05, 0) is 56.1 Å². The minimum atomic E-state index is 0.148. The molecule has 4 rings (SSSR count). The van der Waals surface area contributed by atoms with Crippen LogP contribution >= 0.6 is 0 Å². The quantitative estimate of drug-likeness (QED) is 0.931. The van der Waals surface area contributed by atoms with Gasteiger partial charge in [0.1, 0.15) is 5.82 Å². The number of aromatic nitrogens is 1. The van der Waals surface area contributed by atoms with Gasteiger partial charge in [0.2, 0.25) is 5.91 Å². The first-order chi connectivity index (χ1) is 12.1. The second-order valence-corrected chi connectivity index (χ2v) is 7.21. The summed E-state index contributed by atoms with van der Waals surface area (Å²) in [5.74, 6) is 1.44. The highest BCUT2D eigenvalue weighted by molar-refractivity contribution is 5.96. The Labute approximate surface area is 149 Å². The molecule has 1 saturated carbocycles. The third-order valence-corrected chi connectivity index (χ3v) is 5.36. The number of likely N-dealkylation sites (N-methyl/N-ethyl adjacent to an activating group) is 1. The van der Waals surface area contributed by atoms with Crippen molar-refractivity contribution in [1.82, 2.24) is 9.88 Å². The lowest BCUT2D eigenvalue weighted by atomic mass is 10.1. The van der Waals surface area contributed by atoms with Crippen molar-refractivity contribution in [2.45, 2.75) is 26.7 Å². The fraction of sp³-hybridized carbons (Fsp3) is 0.500. The maximum absolute atomic E-state index is 12.0. The molecule has 0 bridgehead atoms. The number of hydrogen-bond acceptors (Lipinski definition) is 4. The molecule has 1 N–H and O–H groups in total. The third kappa shape index (κ3) is 3.47. The van der Waals surface area contributed by atoms with E-state index in [2.05, 4.69) is 41.1 Å². The number of carbonyl (C=O) groups is 1. The SMILES string of the molecule is CCN1CCN(c2cc(C)c3cc(NC(=O)C4CC4)ccc3n2)CC1. The van der Waals surface area contributed by atoms with Gasteiger partial charge in [0.05, 0.1) is 5.52 Å². The van der Waals surface area contributed by atoms with Gasteiger partial charge < -0.3 is 15.1 Å². The molecule has 2 aliphatic rings. The van der Waals surface area contributed by atoms with Gasteiger partial charge in [-0.1, -0.05) is 6.92 Å². The van der Waals surface area contributed by atoms with Gasteiger partial charge in [-0.25, -0.2) is 4.98 Å². The zero-order chi connectivity index (χ0) is 17.4. The molecule has 1 saturated heterocycles. The van der Waals surface area contributed by atoms with Crippen molar-refractivity contribution in [3.05, 3.63) is 29.8 Å². The molecule has 1 amide bonds. The topological polar surface area (TPSA) is 48.5 Å². The summed E-state index contributed by atoms with van der Waals surface area (Å²) in [6.07, 6.45) is 2.04. The van der Waals surface area contributed by atoms with Crippen molar-refractivity contribution >= 4 is 28.3 Å². The van der Waals surface area contributed by atoms with Crippen molar-refractivity contribution in [1.29, 1.82) is 0 Å². The van der Waals surface area contributed by atoms with Crippen LogP contribution in [0.3, 0.4) is 0 Å². The second kappa shape index (κ2) is 6.64. The highest BCUT2D eigenvalue weighted by atomic mass is 16.2. The average Bonchev–Trinajstić information content (AvgIpc) is 3.47. The van der Waals surface area contributed by atoms with Gasteiger partial charge in [-0.15, -0.1) is 0 Å². The van der Waals surface area contributed by atoms with Gasteiger partial charge in [0.15, 0.2) is 0 Å². The minimum Gasteiger partial charge on any atom is -0.354 e. The summed E-state index contributed by atoms with van der Waals surface area (Å²) in [5, 5.41) is 4.15. The largest absolute Gasteiger partial charge is 0.354 e. The number of rotatable bonds is 4. The van der Waals surface area contributed by atoms with Crippen molar-refractivity contribution in [3.63, 3.8) is 0 Å². The maximum atomic E-state index is 12.0. The first-order valence-electron chi connectivity index (χ1n) is 9.33.